The van der Waals surface area contributed by atoms with Crippen molar-refractivity contribution >= 4 is 18.9 Å². The fourth-order valence-corrected chi connectivity index (χ4v) is 5.83. The minimum absolute atomic E-state index is 0.230. The summed E-state index contributed by atoms with van der Waals surface area (Å²) in [5.74, 6) is 0.783. The number of aromatic nitrogens is 1. The number of anilines is 1. The third-order valence-corrected chi connectivity index (χ3v) is 7.63. The Morgan fingerprint density at radius 3 is 1.94 bits per heavy atom. The summed E-state index contributed by atoms with van der Waals surface area (Å²) in [5.41, 5.74) is 2.40. The molecule has 0 aliphatic carbocycles. The van der Waals surface area contributed by atoms with Gasteiger partial charge in [-0.1, -0.05) is 60.7 Å². The molecule has 0 N–H and O–H groups in total. The third-order valence-electron chi connectivity index (χ3n) is 5.62. The maximum absolute atomic E-state index is 13.8. The van der Waals surface area contributed by atoms with Crippen molar-refractivity contribution in [2.45, 2.75) is 39.0 Å². The molecule has 1 aromatic heterocycles. The largest absolute Gasteiger partial charge is 0.423 e. The van der Waals surface area contributed by atoms with E-state index in [1.807, 2.05) is 50.2 Å². The first-order valence-corrected chi connectivity index (χ1v) is 13.0. The highest BCUT2D eigenvalue weighted by Gasteiger charge is 2.39. The van der Waals surface area contributed by atoms with Crippen molar-refractivity contribution in [2.75, 3.05) is 31.2 Å². The van der Waals surface area contributed by atoms with Crippen LogP contribution in [0.4, 0.5) is 5.88 Å². The molecule has 170 valence electrons. The molecule has 2 aromatic carbocycles. The molecule has 7 heteroatoms. The first kappa shape index (κ1) is 22.8. The van der Waals surface area contributed by atoms with Crippen LogP contribution in [0, 0.1) is 0 Å². The highest BCUT2D eigenvalue weighted by atomic mass is 31.2. The summed E-state index contributed by atoms with van der Waals surface area (Å²) in [6, 6.07) is 20.3. The summed E-state index contributed by atoms with van der Waals surface area (Å²) in [6.45, 7) is 5.82. The first-order chi connectivity index (χ1) is 15.7. The molecule has 0 spiro atoms. The lowest BCUT2D eigenvalue weighted by Crippen LogP contribution is -2.33. The van der Waals surface area contributed by atoms with Gasteiger partial charge >= 0.3 is 7.60 Å². The highest BCUT2D eigenvalue weighted by Crippen LogP contribution is 2.50. The van der Waals surface area contributed by atoms with E-state index in [4.69, 9.17) is 18.4 Å². The summed E-state index contributed by atoms with van der Waals surface area (Å²) < 4.78 is 31.6. The Morgan fingerprint density at radius 2 is 1.44 bits per heavy atom. The molecule has 1 fully saturated rings. The number of piperidine rings is 1. The lowest BCUT2D eigenvalue weighted by atomic mass is 9.91. The number of hydrogen-bond donors (Lipinski definition) is 0. The van der Waals surface area contributed by atoms with Gasteiger partial charge in [0, 0.05) is 13.1 Å². The minimum atomic E-state index is -3.62. The van der Waals surface area contributed by atoms with Gasteiger partial charge in [0.05, 0.1) is 19.1 Å². The zero-order valence-electron chi connectivity index (χ0n) is 18.8. The van der Waals surface area contributed by atoms with Crippen LogP contribution in [0.15, 0.2) is 65.1 Å². The highest BCUT2D eigenvalue weighted by molar-refractivity contribution is 7.62. The van der Waals surface area contributed by atoms with E-state index in [9.17, 15) is 4.57 Å². The van der Waals surface area contributed by atoms with Gasteiger partial charge in [-0.15, -0.1) is 0 Å². The number of oxazole rings is 1. The Hall–Kier alpha value is -2.40. The lowest BCUT2D eigenvalue weighted by Gasteiger charge is -2.27. The van der Waals surface area contributed by atoms with Gasteiger partial charge in [-0.05, 0) is 44.2 Å². The second kappa shape index (κ2) is 10.5. The molecule has 1 aliphatic heterocycles. The zero-order valence-corrected chi connectivity index (χ0v) is 19.7. The Labute approximate surface area is 190 Å². The summed E-state index contributed by atoms with van der Waals surface area (Å²) >= 11 is 0. The predicted octanol–water partition coefficient (Wildman–Crippen LogP) is 5.74. The maximum Gasteiger partial charge on any atom is 0.385 e. The average Bonchev–Trinajstić information content (AvgIpc) is 3.27. The third kappa shape index (κ3) is 4.83. The molecular formula is C25H31N2O4P. The van der Waals surface area contributed by atoms with Crippen molar-refractivity contribution in [3.63, 3.8) is 0 Å². The average molecular weight is 455 g/mol. The fourth-order valence-electron chi connectivity index (χ4n) is 4.19. The Balaban J connectivity index is 1.87. The molecule has 0 amide bonds. The summed E-state index contributed by atoms with van der Waals surface area (Å²) in [7, 11) is -3.62. The van der Waals surface area contributed by atoms with E-state index < -0.39 is 7.60 Å². The molecule has 1 saturated heterocycles. The van der Waals surface area contributed by atoms with Crippen LogP contribution in [0.25, 0.3) is 0 Å². The topological polar surface area (TPSA) is 64.8 Å². The van der Waals surface area contributed by atoms with Gasteiger partial charge in [-0.3, -0.25) is 4.57 Å². The van der Waals surface area contributed by atoms with E-state index in [1.165, 1.54) is 6.42 Å². The van der Waals surface area contributed by atoms with Gasteiger partial charge in [0.1, 0.15) is 0 Å². The second-order valence-corrected chi connectivity index (χ2v) is 9.75. The lowest BCUT2D eigenvalue weighted by molar-refractivity contribution is 0.229. The van der Waals surface area contributed by atoms with Crippen LogP contribution in [0.1, 0.15) is 56.0 Å². The van der Waals surface area contributed by atoms with Crippen LogP contribution in [0.3, 0.4) is 0 Å². The monoisotopic (exact) mass is 454 g/mol. The van der Waals surface area contributed by atoms with Crippen molar-refractivity contribution in [2.24, 2.45) is 0 Å². The summed E-state index contributed by atoms with van der Waals surface area (Å²) in [4.78, 5) is 6.96. The molecule has 0 saturated carbocycles. The molecular weight excluding hydrogens is 423 g/mol. The van der Waals surface area contributed by atoms with E-state index in [0.29, 0.717) is 11.8 Å². The standard InChI is InChI=1S/C25H31N2O4P/c1-3-29-32(28,30-4-2)24-25(27-18-12-7-13-19-27)31-23(26-24)22(20-14-8-5-9-15-20)21-16-10-6-11-17-21/h5-6,8-11,14-17,22H,3-4,7,12-13,18-19H2,1-2H3. The van der Waals surface area contributed by atoms with E-state index in [0.717, 1.165) is 37.1 Å². The quantitative estimate of drug-likeness (QED) is 0.385. The second-order valence-electron chi connectivity index (χ2n) is 7.82. The number of nitrogens with zero attached hydrogens (tertiary/aromatic N) is 2. The molecule has 3 aromatic rings. The summed E-state index contributed by atoms with van der Waals surface area (Å²) in [6.07, 6.45) is 3.30. The molecule has 32 heavy (non-hydrogen) atoms. The molecule has 2 heterocycles. The summed E-state index contributed by atoms with van der Waals surface area (Å²) in [5, 5.41) is 0. The van der Waals surface area contributed by atoms with Crippen LogP contribution in [-0.4, -0.2) is 31.3 Å². The van der Waals surface area contributed by atoms with Crippen molar-refractivity contribution in [3.05, 3.63) is 77.7 Å². The molecule has 4 rings (SSSR count). The minimum Gasteiger partial charge on any atom is -0.423 e. The van der Waals surface area contributed by atoms with Crippen LogP contribution in [0.2, 0.25) is 0 Å². The Kier molecular flexibility index (Phi) is 7.46. The van der Waals surface area contributed by atoms with Crippen LogP contribution >= 0.6 is 7.60 Å². The zero-order chi connectivity index (χ0) is 22.4. The number of rotatable bonds is 9. The van der Waals surface area contributed by atoms with Crippen molar-refractivity contribution < 1.29 is 18.0 Å². The Bertz CT molecular complexity index is 983. The van der Waals surface area contributed by atoms with Gasteiger partial charge < -0.3 is 18.4 Å². The van der Waals surface area contributed by atoms with Gasteiger partial charge in [-0.25, -0.2) is 4.98 Å². The maximum atomic E-state index is 13.8. The van der Waals surface area contributed by atoms with Gasteiger partial charge in [0.15, 0.2) is 0 Å². The predicted molar refractivity (Wildman–Crippen MR) is 127 cm³/mol. The smallest absolute Gasteiger partial charge is 0.385 e. The van der Waals surface area contributed by atoms with Crippen LogP contribution in [-0.2, 0) is 13.6 Å². The SMILES string of the molecule is CCOP(=O)(OCC)c1nc(C(c2ccccc2)c2ccccc2)oc1N1CCCCC1. The normalized spacial score (nSPS) is 14.8. The first-order valence-electron chi connectivity index (χ1n) is 11.4. The van der Waals surface area contributed by atoms with Gasteiger partial charge in [0.25, 0.3) is 0 Å². The van der Waals surface area contributed by atoms with E-state index in [1.54, 1.807) is 0 Å². The molecule has 0 atom stereocenters. The molecule has 0 radical (unpaired) electrons. The van der Waals surface area contributed by atoms with Crippen molar-refractivity contribution in [1.29, 1.82) is 0 Å². The number of hydrogen-bond acceptors (Lipinski definition) is 6. The molecule has 6 nitrogen and oxygen atoms in total. The fraction of sp³-hybridized carbons (Fsp3) is 0.400. The van der Waals surface area contributed by atoms with E-state index in [2.05, 4.69) is 29.2 Å². The van der Waals surface area contributed by atoms with E-state index >= 15 is 0 Å². The van der Waals surface area contributed by atoms with E-state index in [-0.39, 0.29) is 24.6 Å². The van der Waals surface area contributed by atoms with Crippen LogP contribution < -0.4 is 10.3 Å². The molecule has 0 unspecified atom stereocenters. The van der Waals surface area contributed by atoms with Gasteiger partial charge in [-0.2, -0.15) is 0 Å². The van der Waals surface area contributed by atoms with Crippen LogP contribution in [0.5, 0.6) is 0 Å². The number of benzene rings is 2. The van der Waals surface area contributed by atoms with Gasteiger partial charge in [0.2, 0.25) is 17.2 Å². The van der Waals surface area contributed by atoms with Crippen molar-refractivity contribution in [1.82, 2.24) is 4.98 Å². The Morgan fingerprint density at radius 1 is 0.906 bits per heavy atom. The van der Waals surface area contributed by atoms with Crippen molar-refractivity contribution in [3.8, 4) is 0 Å². The molecule has 0 bridgehead atoms. The molecule has 1 aliphatic rings.